The molecule has 11 nitrogen and oxygen atoms in total. The molecule has 5 aromatic rings. The van der Waals surface area contributed by atoms with E-state index >= 15 is 0 Å². The first-order valence-corrected chi connectivity index (χ1v) is 12.6. The van der Waals surface area contributed by atoms with Gasteiger partial charge in [0.15, 0.2) is 0 Å². The van der Waals surface area contributed by atoms with Crippen LogP contribution in [0.1, 0.15) is 17.8 Å². The molecule has 5 rings (SSSR count). The summed E-state index contributed by atoms with van der Waals surface area (Å²) < 4.78 is 5.89. The molecule has 6 N–H and O–H groups in total. The van der Waals surface area contributed by atoms with Crippen LogP contribution >= 0.6 is 0 Å². The number of ether oxygens (including phenoxy) is 1. The van der Waals surface area contributed by atoms with Crippen molar-refractivity contribution in [3.63, 3.8) is 0 Å². The minimum Gasteiger partial charge on any atom is -0.463 e. The van der Waals surface area contributed by atoms with Gasteiger partial charge in [-0.05, 0) is 82.9 Å². The van der Waals surface area contributed by atoms with Crippen LogP contribution in [0, 0.1) is 13.8 Å². The number of hydrogen-bond donors (Lipinski definition) is 4. The summed E-state index contributed by atoms with van der Waals surface area (Å²) in [6.45, 7) is 5.20. The number of rotatable bonds is 9. The molecule has 0 aliphatic rings. The zero-order chi connectivity index (χ0) is 27.5. The Labute approximate surface area is 226 Å². The number of nitrogen functional groups attached to an aromatic ring is 2. The van der Waals surface area contributed by atoms with Crippen LogP contribution in [0.3, 0.4) is 0 Å². The van der Waals surface area contributed by atoms with Crippen LogP contribution in [0.15, 0.2) is 48.5 Å². The van der Waals surface area contributed by atoms with Crippen molar-refractivity contribution in [2.75, 3.05) is 49.3 Å². The first kappa shape index (κ1) is 25.9. The Morgan fingerprint density at radius 1 is 0.718 bits per heavy atom. The molecule has 0 saturated heterocycles. The summed E-state index contributed by atoms with van der Waals surface area (Å²) in [6.07, 6.45) is 0.830. The van der Waals surface area contributed by atoms with Gasteiger partial charge in [0.25, 0.3) is 0 Å². The van der Waals surface area contributed by atoms with Crippen LogP contribution in [-0.4, -0.2) is 57.1 Å². The number of pyridine rings is 2. The normalized spacial score (nSPS) is 11.3. The van der Waals surface area contributed by atoms with Crippen molar-refractivity contribution in [2.45, 2.75) is 20.3 Å². The van der Waals surface area contributed by atoms with Gasteiger partial charge >= 0.3 is 6.01 Å². The molecule has 11 heteroatoms. The predicted octanol–water partition coefficient (Wildman–Crippen LogP) is 4.57. The van der Waals surface area contributed by atoms with Crippen molar-refractivity contribution < 1.29 is 4.74 Å². The second-order valence-corrected chi connectivity index (χ2v) is 9.69. The number of hydrogen-bond acceptors (Lipinski definition) is 11. The van der Waals surface area contributed by atoms with Crippen molar-refractivity contribution in [1.29, 1.82) is 0 Å². The van der Waals surface area contributed by atoms with Gasteiger partial charge in [-0.25, -0.2) is 0 Å². The number of anilines is 6. The van der Waals surface area contributed by atoms with Gasteiger partial charge in [0, 0.05) is 51.5 Å². The molecule has 0 unspecified atom stereocenters. The number of nitrogens with one attached hydrogen (secondary N) is 2. The molecule has 0 bridgehead atoms. The molecule has 0 fully saturated rings. The van der Waals surface area contributed by atoms with Crippen molar-refractivity contribution >= 4 is 56.5 Å². The van der Waals surface area contributed by atoms with E-state index in [-0.39, 0.29) is 6.01 Å². The van der Waals surface area contributed by atoms with Gasteiger partial charge in [-0.3, -0.25) is 9.97 Å². The predicted molar refractivity (Wildman–Crippen MR) is 157 cm³/mol. The van der Waals surface area contributed by atoms with E-state index in [9.17, 15) is 0 Å². The average molecular weight is 525 g/mol. The Hall–Kier alpha value is -4.77. The standard InChI is InChI=1S/C28H32N10O/c1-16-12-22(29)20-14-18(6-8-24(20)31-16)33-26-35-27(37-28(36-26)39-11-5-10-38(3)4)34-19-7-9-25-21(15-19)23(30)13-17(2)32-25/h6-9,12-15H,5,10-11H2,1-4H3,(H2,29,31)(H2,30,32)(H2,33,34,35,36,37). The number of nitrogens with zero attached hydrogens (tertiary/aromatic N) is 6. The fourth-order valence-electron chi connectivity index (χ4n) is 4.27. The monoisotopic (exact) mass is 524 g/mol. The van der Waals surface area contributed by atoms with Gasteiger partial charge in [-0.2, -0.15) is 15.0 Å². The van der Waals surface area contributed by atoms with E-state index in [0.717, 1.165) is 57.5 Å². The molecule has 3 heterocycles. The van der Waals surface area contributed by atoms with Crippen LogP contribution < -0.4 is 26.8 Å². The first-order valence-electron chi connectivity index (χ1n) is 12.6. The van der Waals surface area contributed by atoms with Crippen LogP contribution in [0.4, 0.5) is 34.6 Å². The number of aryl methyl sites for hydroxylation is 2. The van der Waals surface area contributed by atoms with Gasteiger partial charge in [0.05, 0.1) is 17.6 Å². The van der Waals surface area contributed by atoms with Crippen LogP contribution in [0.5, 0.6) is 6.01 Å². The van der Waals surface area contributed by atoms with Gasteiger partial charge in [-0.1, -0.05) is 0 Å². The first-order chi connectivity index (χ1) is 18.7. The SMILES string of the molecule is Cc1cc(N)c2cc(Nc3nc(Nc4ccc5nc(C)cc(N)c5c4)nc(OCCCN(C)C)n3)ccc2n1. The molecule has 0 spiro atoms. The number of aromatic nitrogens is 5. The van der Waals surface area contributed by atoms with Crippen molar-refractivity contribution in [1.82, 2.24) is 29.8 Å². The lowest BCUT2D eigenvalue weighted by Crippen LogP contribution is -2.16. The second-order valence-electron chi connectivity index (χ2n) is 9.69. The maximum absolute atomic E-state index is 6.25. The number of nitrogens with two attached hydrogens (primary N) is 2. The molecule has 3 aromatic heterocycles. The molecule has 0 atom stereocenters. The van der Waals surface area contributed by atoms with E-state index in [1.165, 1.54) is 0 Å². The number of fused-ring (bicyclic) bond motifs is 2. The van der Waals surface area contributed by atoms with E-state index in [0.29, 0.717) is 29.9 Å². The Balaban J connectivity index is 1.44. The van der Waals surface area contributed by atoms with E-state index < -0.39 is 0 Å². The van der Waals surface area contributed by atoms with E-state index in [2.05, 4.69) is 40.5 Å². The molecular formula is C28H32N10O. The quantitative estimate of drug-likeness (QED) is 0.201. The Morgan fingerprint density at radius 2 is 1.23 bits per heavy atom. The zero-order valence-corrected chi connectivity index (χ0v) is 22.5. The van der Waals surface area contributed by atoms with E-state index in [1.807, 2.05) is 76.5 Å². The van der Waals surface area contributed by atoms with Gasteiger partial charge in [0.2, 0.25) is 11.9 Å². The summed E-state index contributed by atoms with van der Waals surface area (Å²) in [5.74, 6) is 0.649. The minimum absolute atomic E-state index is 0.212. The molecule has 200 valence electrons. The summed E-state index contributed by atoms with van der Waals surface area (Å²) in [4.78, 5) is 24.8. The third kappa shape index (κ3) is 6.21. The van der Waals surface area contributed by atoms with Gasteiger partial charge in [-0.15, -0.1) is 0 Å². The topological polar surface area (TPSA) is 153 Å². The fourth-order valence-corrected chi connectivity index (χ4v) is 4.27. The van der Waals surface area contributed by atoms with Crippen LogP contribution in [-0.2, 0) is 0 Å². The molecular weight excluding hydrogens is 492 g/mol. The van der Waals surface area contributed by atoms with Crippen LogP contribution in [0.2, 0.25) is 0 Å². The lowest BCUT2D eigenvalue weighted by atomic mass is 10.1. The highest BCUT2D eigenvalue weighted by atomic mass is 16.5. The lowest BCUT2D eigenvalue weighted by Gasteiger charge is -2.13. The maximum atomic E-state index is 6.25. The summed E-state index contributed by atoms with van der Waals surface area (Å²) in [6, 6.07) is 15.4. The van der Waals surface area contributed by atoms with E-state index in [4.69, 9.17) is 16.2 Å². The van der Waals surface area contributed by atoms with Crippen LogP contribution in [0.25, 0.3) is 21.8 Å². The average Bonchev–Trinajstić information content (AvgIpc) is 2.87. The highest BCUT2D eigenvalue weighted by Crippen LogP contribution is 2.28. The maximum Gasteiger partial charge on any atom is 0.323 e. The number of benzene rings is 2. The zero-order valence-electron chi connectivity index (χ0n) is 22.5. The molecule has 39 heavy (non-hydrogen) atoms. The highest BCUT2D eigenvalue weighted by molar-refractivity contribution is 5.94. The van der Waals surface area contributed by atoms with Gasteiger partial charge < -0.3 is 31.7 Å². The van der Waals surface area contributed by atoms with E-state index in [1.54, 1.807) is 0 Å². The smallest absolute Gasteiger partial charge is 0.323 e. The second kappa shape index (κ2) is 10.9. The molecule has 0 saturated carbocycles. The van der Waals surface area contributed by atoms with Gasteiger partial charge in [0.1, 0.15) is 0 Å². The minimum atomic E-state index is 0.212. The molecule has 0 amide bonds. The van der Waals surface area contributed by atoms with Crippen molar-refractivity contribution in [3.8, 4) is 6.01 Å². The third-order valence-electron chi connectivity index (χ3n) is 6.05. The fraction of sp³-hybridized carbons (Fsp3) is 0.250. The molecule has 0 aliphatic heterocycles. The summed E-state index contributed by atoms with van der Waals surface area (Å²) in [7, 11) is 4.04. The molecule has 2 aromatic carbocycles. The summed E-state index contributed by atoms with van der Waals surface area (Å²) in [5.41, 5.74) is 18.7. The third-order valence-corrected chi connectivity index (χ3v) is 6.05. The summed E-state index contributed by atoms with van der Waals surface area (Å²) in [5, 5.41) is 8.20. The summed E-state index contributed by atoms with van der Waals surface area (Å²) >= 11 is 0. The molecule has 0 radical (unpaired) electrons. The molecule has 0 aliphatic carbocycles. The lowest BCUT2D eigenvalue weighted by molar-refractivity contribution is 0.264. The Morgan fingerprint density at radius 3 is 1.72 bits per heavy atom. The largest absolute Gasteiger partial charge is 0.463 e. The highest BCUT2D eigenvalue weighted by Gasteiger charge is 2.11. The Bertz CT molecular complexity index is 1540. The van der Waals surface area contributed by atoms with Crippen molar-refractivity contribution in [2.24, 2.45) is 0 Å². The van der Waals surface area contributed by atoms with Crippen molar-refractivity contribution in [3.05, 3.63) is 59.9 Å². The Kier molecular flexibility index (Phi) is 7.24.